The molecular formula is C30H34N4OS. The summed E-state index contributed by atoms with van der Waals surface area (Å²) in [5.41, 5.74) is 6.25. The van der Waals surface area contributed by atoms with Gasteiger partial charge in [-0.1, -0.05) is 65.1 Å². The largest absolute Gasteiger partial charge is 0.361 e. The summed E-state index contributed by atoms with van der Waals surface area (Å²) in [6, 6.07) is 13.5. The van der Waals surface area contributed by atoms with Gasteiger partial charge in [-0.3, -0.25) is 4.79 Å². The third-order valence-electron chi connectivity index (χ3n) is 6.27. The maximum Gasteiger partial charge on any atom is 0.251 e. The number of carbonyl (C=O) groups excluding carboxylic acids is 1. The fourth-order valence-electron chi connectivity index (χ4n) is 4.02. The number of thiazole rings is 1. The number of fused-ring (bicyclic) bond motifs is 1. The van der Waals surface area contributed by atoms with Crippen LogP contribution in [0.15, 0.2) is 90.9 Å². The Labute approximate surface area is 217 Å². The van der Waals surface area contributed by atoms with Gasteiger partial charge in [-0.25, -0.2) is 4.98 Å². The van der Waals surface area contributed by atoms with E-state index in [0.717, 1.165) is 49.9 Å². The van der Waals surface area contributed by atoms with Gasteiger partial charge in [0.2, 0.25) is 0 Å². The Morgan fingerprint density at radius 1 is 1.17 bits per heavy atom. The average molecular weight is 499 g/mol. The molecule has 2 N–H and O–H groups in total. The van der Waals surface area contributed by atoms with E-state index in [2.05, 4.69) is 63.6 Å². The van der Waals surface area contributed by atoms with Crippen molar-refractivity contribution in [2.45, 2.75) is 45.6 Å². The van der Waals surface area contributed by atoms with Gasteiger partial charge < -0.3 is 15.5 Å². The minimum absolute atomic E-state index is 0.0185. The Morgan fingerprint density at radius 3 is 2.50 bits per heavy atom. The standard InChI is InChI=1S/C30H34N4OS/c1-8-21-10-13-22(14-11-21)27(34(7)20(3)23-12-9-19(2)31-18-23)28(35)32-24-15-16-25-26(17-24)36-29(33-25)30(4,5)6/h9-18,27,31H,2-3,8H2,1,4-7H3,(H,32,35). The van der Waals surface area contributed by atoms with Gasteiger partial charge in [-0.15, -0.1) is 11.3 Å². The van der Waals surface area contributed by atoms with Crippen LogP contribution in [-0.2, 0) is 16.6 Å². The summed E-state index contributed by atoms with van der Waals surface area (Å²) < 4.78 is 1.06. The van der Waals surface area contributed by atoms with Crippen LogP contribution in [0, 0.1) is 0 Å². The van der Waals surface area contributed by atoms with Crippen LogP contribution in [0.2, 0.25) is 0 Å². The van der Waals surface area contributed by atoms with E-state index in [9.17, 15) is 4.79 Å². The summed E-state index contributed by atoms with van der Waals surface area (Å²) in [7, 11) is 1.90. The van der Waals surface area contributed by atoms with E-state index in [1.807, 2.05) is 60.6 Å². The lowest BCUT2D eigenvalue weighted by Gasteiger charge is -2.32. The van der Waals surface area contributed by atoms with Crippen molar-refractivity contribution in [1.29, 1.82) is 0 Å². The molecule has 6 heteroatoms. The van der Waals surface area contributed by atoms with E-state index in [1.54, 1.807) is 11.3 Å². The lowest BCUT2D eigenvalue weighted by molar-refractivity contribution is -0.120. The fourth-order valence-corrected chi connectivity index (χ4v) is 5.08. The molecule has 3 aromatic rings. The van der Waals surface area contributed by atoms with Crippen LogP contribution in [-0.4, -0.2) is 22.8 Å². The quantitative estimate of drug-likeness (QED) is 0.374. The van der Waals surface area contributed by atoms with Gasteiger partial charge in [-0.2, -0.15) is 0 Å². The average Bonchev–Trinajstić information content (AvgIpc) is 3.29. The number of rotatable bonds is 7. The Morgan fingerprint density at radius 2 is 1.89 bits per heavy atom. The second-order valence-corrected chi connectivity index (χ2v) is 11.1. The maximum atomic E-state index is 13.8. The van der Waals surface area contributed by atoms with E-state index in [0.29, 0.717) is 0 Å². The summed E-state index contributed by atoms with van der Waals surface area (Å²) in [6.45, 7) is 16.8. The normalized spacial score (nSPS) is 14.2. The molecule has 1 unspecified atom stereocenters. The molecule has 0 saturated heterocycles. The molecule has 2 heterocycles. The van der Waals surface area contributed by atoms with Crippen molar-refractivity contribution in [3.05, 3.63) is 107 Å². The Bertz CT molecular complexity index is 1370. The molecule has 1 aliphatic heterocycles. The zero-order valence-corrected chi connectivity index (χ0v) is 22.5. The molecule has 186 valence electrons. The van der Waals surface area contributed by atoms with E-state index in [4.69, 9.17) is 4.98 Å². The zero-order valence-electron chi connectivity index (χ0n) is 21.7. The highest BCUT2D eigenvalue weighted by Crippen LogP contribution is 2.33. The molecule has 36 heavy (non-hydrogen) atoms. The van der Waals surface area contributed by atoms with E-state index in [-0.39, 0.29) is 11.3 Å². The molecule has 1 aliphatic rings. The lowest BCUT2D eigenvalue weighted by atomic mass is 9.98. The highest BCUT2D eigenvalue weighted by atomic mass is 32.1. The second kappa shape index (κ2) is 10.2. The molecule has 1 amide bonds. The molecule has 0 saturated carbocycles. The zero-order chi connectivity index (χ0) is 26.0. The van der Waals surface area contributed by atoms with Gasteiger partial charge >= 0.3 is 0 Å². The number of carbonyl (C=O) groups is 1. The van der Waals surface area contributed by atoms with Gasteiger partial charge in [-0.05, 0) is 47.9 Å². The highest BCUT2D eigenvalue weighted by Gasteiger charge is 2.28. The van der Waals surface area contributed by atoms with Crippen LogP contribution < -0.4 is 10.6 Å². The summed E-state index contributed by atoms with van der Waals surface area (Å²) in [6.07, 6.45) is 6.66. The van der Waals surface area contributed by atoms with Crippen molar-refractivity contribution in [2.75, 3.05) is 12.4 Å². The van der Waals surface area contributed by atoms with Gasteiger partial charge in [0.25, 0.3) is 5.91 Å². The van der Waals surface area contributed by atoms with Crippen LogP contribution in [0.5, 0.6) is 0 Å². The van der Waals surface area contributed by atoms with Gasteiger partial charge in [0.15, 0.2) is 0 Å². The molecule has 0 radical (unpaired) electrons. The molecule has 0 bridgehead atoms. The third-order valence-corrected chi connectivity index (χ3v) is 7.72. The number of amides is 1. The minimum atomic E-state index is -0.565. The number of likely N-dealkylation sites (N-methyl/N-ethyl adjacent to an activating group) is 1. The summed E-state index contributed by atoms with van der Waals surface area (Å²) >= 11 is 1.67. The van der Waals surface area contributed by atoms with Crippen LogP contribution in [0.4, 0.5) is 5.69 Å². The van der Waals surface area contributed by atoms with Gasteiger partial charge in [0.05, 0.1) is 15.2 Å². The SMILES string of the molecule is C=C1C=CC(C(=C)N(C)C(C(=O)Nc2ccc3nc(C(C)(C)C)sc3c2)c2ccc(CC)cc2)=CN1. The topological polar surface area (TPSA) is 57.3 Å². The Hall–Kier alpha value is -3.64. The van der Waals surface area contributed by atoms with E-state index < -0.39 is 6.04 Å². The van der Waals surface area contributed by atoms with Crippen molar-refractivity contribution in [3.63, 3.8) is 0 Å². The first kappa shape index (κ1) is 25.5. The molecule has 4 rings (SSSR count). The molecule has 0 fully saturated rings. The van der Waals surface area contributed by atoms with Crippen molar-refractivity contribution in [2.24, 2.45) is 0 Å². The van der Waals surface area contributed by atoms with Gasteiger partial charge in [0, 0.05) is 41.3 Å². The number of hydrogen-bond donors (Lipinski definition) is 2. The Kier molecular flexibility index (Phi) is 7.18. The first-order valence-corrected chi connectivity index (χ1v) is 12.9. The first-order chi connectivity index (χ1) is 17.1. The van der Waals surface area contributed by atoms with Crippen molar-refractivity contribution < 1.29 is 4.79 Å². The van der Waals surface area contributed by atoms with Crippen molar-refractivity contribution >= 4 is 33.1 Å². The third kappa shape index (κ3) is 5.44. The number of anilines is 1. The maximum absolute atomic E-state index is 13.8. The number of nitrogens with one attached hydrogen (secondary N) is 2. The number of aryl methyl sites for hydroxylation is 1. The summed E-state index contributed by atoms with van der Waals surface area (Å²) in [5.74, 6) is -0.124. The summed E-state index contributed by atoms with van der Waals surface area (Å²) in [4.78, 5) is 20.5. The smallest absolute Gasteiger partial charge is 0.251 e. The second-order valence-electron chi connectivity index (χ2n) is 10.1. The number of benzene rings is 2. The Balaban J connectivity index is 1.64. The molecule has 2 aromatic carbocycles. The number of dihydropyridines is 1. The minimum Gasteiger partial charge on any atom is -0.361 e. The van der Waals surface area contributed by atoms with Crippen molar-refractivity contribution in [1.82, 2.24) is 15.2 Å². The molecule has 0 spiro atoms. The van der Waals surface area contributed by atoms with Crippen LogP contribution in [0.3, 0.4) is 0 Å². The molecule has 1 atom stereocenters. The molecular weight excluding hydrogens is 464 g/mol. The summed E-state index contributed by atoms with van der Waals surface area (Å²) in [5, 5.41) is 7.35. The highest BCUT2D eigenvalue weighted by molar-refractivity contribution is 7.18. The van der Waals surface area contributed by atoms with Crippen LogP contribution in [0.25, 0.3) is 10.2 Å². The predicted molar refractivity (Wildman–Crippen MR) is 152 cm³/mol. The number of hydrogen-bond acceptors (Lipinski definition) is 5. The molecule has 5 nitrogen and oxygen atoms in total. The van der Waals surface area contributed by atoms with Gasteiger partial charge in [0.1, 0.15) is 6.04 Å². The van der Waals surface area contributed by atoms with Crippen molar-refractivity contribution in [3.8, 4) is 0 Å². The molecule has 1 aromatic heterocycles. The predicted octanol–water partition coefficient (Wildman–Crippen LogP) is 6.84. The number of aromatic nitrogens is 1. The first-order valence-electron chi connectivity index (χ1n) is 12.1. The molecule has 0 aliphatic carbocycles. The lowest BCUT2D eigenvalue weighted by Crippen LogP contribution is -2.34. The fraction of sp³-hybridized carbons (Fsp3) is 0.267. The number of allylic oxidation sites excluding steroid dienone is 2. The van der Waals surface area contributed by atoms with E-state index >= 15 is 0 Å². The monoisotopic (exact) mass is 498 g/mol. The number of nitrogens with zero attached hydrogens (tertiary/aromatic N) is 2. The van der Waals surface area contributed by atoms with Crippen LogP contribution in [0.1, 0.15) is 49.9 Å². The van der Waals surface area contributed by atoms with Crippen LogP contribution >= 0.6 is 11.3 Å². The van der Waals surface area contributed by atoms with E-state index in [1.165, 1.54) is 5.56 Å².